The van der Waals surface area contributed by atoms with Crippen molar-refractivity contribution in [3.63, 3.8) is 0 Å². The minimum Gasteiger partial charge on any atom is -0.348 e. The third kappa shape index (κ3) is 4.18. The number of amides is 1. The molecular formula is C16H15Br2NO. The van der Waals surface area contributed by atoms with E-state index in [1.54, 1.807) is 0 Å². The summed E-state index contributed by atoms with van der Waals surface area (Å²) in [6, 6.07) is 17.7. The molecule has 0 aliphatic heterocycles. The Labute approximate surface area is 135 Å². The summed E-state index contributed by atoms with van der Waals surface area (Å²) in [4.78, 5) is 12.3. The maximum atomic E-state index is 12.3. The van der Waals surface area contributed by atoms with Crippen molar-refractivity contribution in [2.45, 2.75) is 12.5 Å². The van der Waals surface area contributed by atoms with E-state index in [4.69, 9.17) is 0 Å². The summed E-state index contributed by atoms with van der Waals surface area (Å²) in [5.74, 6) is -0.0575. The van der Waals surface area contributed by atoms with Crippen LogP contribution in [0.4, 0.5) is 0 Å². The summed E-state index contributed by atoms with van der Waals surface area (Å²) in [7, 11) is 0. The molecule has 104 valence electrons. The van der Waals surface area contributed by atoms with Crippen molar-refractivity contribution in [3.05, 3.63) is 70.2 Å². The van der Waals surface area contributed by atoms with Crippen LogP contribution < -0.4 is 5.32 Å². The van der Waals surface area contributed by atoms with Gasteiger partial charge in [0.1, 0.15) is 0 Å². The van der Waals surface area contributed by atoms with Gasteiger partial charge in [0.15, 0.2) is 0 Å². The third-order valence-electron chi connectivity index (χ3n) is 2.96. The summed E-state index contributed by atoms with van der Waals surface area (Å²) < 4.78 is 0.811. The molecule has 0 bridgehead atoms. The average molecular weight is 397 g/mol. The molecule has 2 rings (SSSR count). The quantitative estimate of drug-likeness (QED) is 0.754. The highest BCUT2D eigenvalue weighted by Gasteiger charge is 2.15. The van der Waals surface area contributed by atoms with Gasteiger partial charge in [0, 0.05) is 15.8 Å². The molecular weight excluding hydrogens is 382 g/mol. The normalized spacial score (nSPS) is 11.9. The predicted octanol–water partition coefficient (Wildman–Crippen LogP) is 4.19. The number of benzene rings is 2. The maximum absolute atomic E-state index is 12.3. The molecule has 0 aromatic heterocycles. The zero-order chi connectivity index (χ0) is 14.4. The van der Waals surface area contributed by atoms with Crippen molar-refractivity contribution in [1.82, 2.24) is 5.32 Å². The Hall–Kier alpha value is -1.13. The fourth-order valence-electron chi connectivity index (χ4n) is 1.95. The minimum atomic E-state index is -0.0575. The summed E-state index contributed by atoms with van der Waals surface area (Å²) >= 11 is 6.87. The Balaban J connectivity index is 2.03. The maximum Gasteiger partial charge on any atom is 0.252 e. The van der Waals surface area contributed by atoms with Crippen molar-refractivity contribution in [1.29, 1.82) is 0 Å². The van der Waals surface area contributed by atoms with Gasteiger partial charge in [-0.05, 0) is 40.0 Å². The fraction of sp³-hybridized carbons (Fsp3) is 0.188. The predicted molar refractivity (Wildman–Crippen MR) is 89.3 cm³/mol. The van der Waals surface area contributed by atoms with Crippen molar-refractivity contribution in [2.24, 2.45) is 0 Å². The first-order valence-electron chi connectivity index (χ1n) is 6.36. The van der Waals surface area contributed by atoms with Crippen LogP contribution in [0, 0.1) is 0 Å². The highest BCUT2D eigenvalue weighted by atomic mass is 79.9. The second kappa shape index (κ2) is 7.60. The second-order valence-corrected chi connectivity index (χ2v) is 6.00. The van der Waals surface area contributed by atoms with Crippen LogP contribution in [0.15, 0.2) is 59.1 Å². The van der Waals surface area contributed by atoms with Gasteiger partial charge in [-0.3, -0.25) is 4.79 Å². The zero-order valence-corrected chi connectivity index (χ0v) is 14.0. The second-order valence-electron chi connectivity index (χ2n) is 4.49. The van der Waals surface area contributed by atoms with Gasteiger partial charge in [-0.2, -0.15) is 0 Å². The van der Waals surface area contributed by atoms with E-state index in [2.05, 4.69) is 49.3 Å². The largest absolute Gasteiger partial charge is 0.348 e. The Morgan fingerprint density at radius 2 is 1.70 bits per heavy atom. The molecule has 1 atom stereocenters. The molecule has 0 saturated heterocycles. The summed E-state index contributed by atoms with van der Waals surface area (Å²) in [6.45, 7) is 0. The molecule has 2 aromatic carbocycles. The number of carbonyl (C=O) groups excluding carboxylic acids is 1. The minimum absolute atomic E-state index is 0.0575. The molecule has 0 spiro atoms. The fourth-order valence-corrected chi connectivity index (χ4v) is 2.81. The molecule has 1 unspecified atom stereocenters. The van der Waals surface area contributed by atoms with E-state index in [1.165, 1.54) is 5.56 Å². The first-order chi connectivity index (χ1) is 9.70. The van der Waals surface area contributed by atoms with Crippen molar-refractivity contribution >= 4 is 37.8 Å². The molecule has 0 heterocycles. The Morgan fingerprint density at radius 1 is 1.05 bits per heavy atom. The van der Waals surface area contributed by atoms with Gasteiger partial charge in [-0.25, -0.2) is 0 Å². The van der Waals surface area contributed by atoms with E-state index in [0.717, 1.165) is 16.2 Å². The number of alkyl halides is 1. The molecule has 20 heavy (non-hydrogen) atoms. The lowest BCUT2D eigenvalue weighted by atomic mass is 10.1. The van der Waals surface area contributed by atoms with Crippen molar-refractivity contribution < 1.29 is 4.79 Å². The van der Waals surface area contributed by atoms with E-state index in [1.807, 2.05) is 42.5 Å². The number of carbonyl (C=O) groups is 1. The van der Waals surface area contributed by atoms with Crippen LogP contribution in [-0.4, -0.2) is 17.3 Å². The van der Waals surface area contributed by atoms with E-state index in [0.29, 0.717) is 5.56 Å². The molecule has 0 radical (unpaired) electrons. The molecule has 0 saturated carbocycles. The average Bonchev–Trinajstić information content (AvgIpc) is 2.48. The van der Waals surface area contributed by atoms with Gasteiger partial charge in [0.05, 0.1) is 5.56 Å². The van der Waals surface area contributed by atoms with E-state index < -0.39 is 0 Å². The molecule has 4 heteroatoms. The first kappa shape index (κ1) is 15.3. The van der Waals surface area contributed by atoms with Crippen LogP contribution >= 0.6 is 31.9 Å². The third-order valence-corrected chi connectivity index (χ3v) is 4.44. The monoisotopic (exact) mass is 395 g/mol. The lowest BCUT2D eigenvalue weighted by molar-refractivity contribution is 0.0940. The highest BCUT2D eigenvalue weighted by molar-refractivity contribution is 9.10. The number of rotatable bonds is 5. The topological polar surface area (TPSA) is 29.1 Å². The standard InChI is InChI=1S/C16H15Br2NO/c17-11-13(10-12-6-2-1-3-7-12)19-16(20)14-8-4-5-9-15(14)18/h1-9,13H,10-11H2,(H,19,20). The number of halogens is 2. The molecule has 0 aliphatic carbocycles. The van der Waals surface area contributed by atoms with Gasteiger partial charge < -0.3 is 5.32 Å². The van der Waals surface area contributed by atoms with Gasteiger partial charge in [0.2, 0.25) is 0 Å². The smallest absolute Gasteiger partial charge is 0.252 e. The van der Waals surface area contributed by atoms with Gasteiger partial charge in [0.25, 0.3) is 5.91 Å². The Kier molecular flexibility index (Phi) is 5.80. The summed E-state index contributed by atoms with van der Waals surface area (Å²) in [5.41, 5.74) is 1.87. The molecule has 1 N–H and O–H groups in total. The number of hydrogen-bond acceptors (Lipinski definition) is 1. The van der Waals surface area contributed by atoms with Crippen LogP contribution in [0.3, 0.4) is 0 Å². The van der Waals surface area contributed by atoms with Crippen LogP contribution in [0.2, 0.25) is 0 Å². The zero-order valence-electron chi connectivity index (χ0n) is 10.9. The lowest BCUT2D eigenvalue weighted by Gasteiger charge is -2.17. The Morgan fingerprint density at radius 3 is 2.35 bits per heavy atom. The molecule has 2 nitrogen and oxygen atoms in total. The molecule has 2 aromatic rings. The van der Waals surface area contributed by atoms with Crippen molar-refractivity contribution in [3.8, 4) is 0 Å². The number of hydrogen-bond donors (Lipinski definition) is 1. The van der Waals surface area contributed by atoms with Gasteiger partial charge in [-0.1, -0.05) is 58.4 Å². The molecule has 0 aliphatic rings. The highest BCUT2D eigenvalue weighted by Crippen LogP contribution is 2.16. The molecule has 0 fully saturated rings. The van der Waals surface area contributed by atoms with E-state index in [-0.39, 0.29) is 11.9 Å². The van der Waals surface area contributed by atoms with Crippen molar-refractivity contribution in [2.75, 3.05) is 5.33 Å². The first-order valence-corrected chi connectivity index (χ1v) is 8.27. The summed E-state index contributed by atoms with van der Waals surface area (Å²) in [5, 5.41) is 3.78. The lowest BCUT2D eigenvalue weighted by Crippen LogP contribution is -2.37. The molecule has 1 amide bonds. The van der Waals surface area contributed by atoms with Gasteiger partial charge in [-0.15, -0.1) is 0 Å². The summed E-state index contributed by atoms with van der Waals surface area (Å²) in [6.07, 6.45) is 0.808. The van der Waals surface area contributed by atoms with E-state index >= 15 is 0 Å². The van der Waals surface area contributed by atoms with E-state index in [9.17, 15) is 4.79 Å². The van der Waals surface area contributed by atoms with Crippen LogP contribution in [0.25, 0.3) is 0 Å². The van der Waals surface area contributed by atoms with Gasteiger partial charge >= 0.3 is 0 Å². The van der Waals surface area contributed by atoms with Crippen LogP contribution in [0.5, 0.6) is 0 Å². The van der Waals surface area contributed by atoms with Crippen LogP contribution in [-0.2, 0) is 6.42 Å². The SMILES string of the molecule is O=C(NC(CBr)Cc1ccccc1)c1ccccc1Br. The van der Waals surface area contributed by atoms with Crippen LogP contribution in [0.1, 0.15) is 15.9 Å². The number of nitrogens with one attached hydrogen (secondary N) is 1. The Bertz CT molecular complexity index is 572.